The Kier molecular flexibility index (Phi) is 3.86. The van der Waals surface area contributed by atoms with Crippen molar-refractivity contribution in [2.75, 3.05) is 7.11 Å². The van der Waals surface area contributed by atoms with Crippen LogP contribution in [0.5, 0.6) is 5.75 Å². The Bertz CT molecular complexity index is 746. The highest BCUT2D eigenvalue weighted by atomic mass is 35.5. The molecule has 0 unspecified atom stereocenters. The highest BCUT2D eigenvalue weighted by Crippen LogP contribution is 2.29. The van der Waals surface area contributed by atoms with Gasteiger partial charge in [-0.25, -0.2) is 0 Å². The van der Waals surface area contributed by atoms with Crippen LogP contribution >= 0.6 is 23.2 Å². The average molecular weight is 319 g/mol. The third kappa shape index (κ3) is 3.04. The average Bonchev–Trinajstić information content (AvgIpc) is 2.96. The summed E-state index contributed by atoms with van der Waals surface area (Å²) in [5.41, 5.74) is 3.63. The van der Waals surface area contributed by atoms with E-state index < -0.39 is 0 Å². The van der Waals surface area contributed by atoms with Crippen LogP contribution in [0.1, 0.15) is 0 Å². The predicted molar refractivity (Wildman–Crippen MR) is 86.0 cm³/mol. The molecule has 21 heavy (non-hydrogen) atoms. The SMILES string of the molecule is COc1ccc(-c2cc(-c3cc(Cl)cc(Cl)c3)n[nH]2)cc1. The quantitative estimate of drug-likeness (QED) is 0.733. The number of ether oxygens (including phenoxy) is 1. The van der Waals surface area contributed by atoms with Crippen molar-refractivity contribution >= 4 is 23.2 Å². The maximum atomic E-state index is 6.02. The van der Waals surface area contributed by atoms with Crippen molar-refractivity contribution in [1.29, 1.82) is 0 Å². The summed E-state index contributed by atoms with van der Waals surface area (Å²) in [6.45, 7) is 0. The van der Waals surface area contributed by atoms with Gasteiger partial charge in [0.15, 0.2) is 0 Å². The van der Waals surface area contributed by atoms with Gasteiger partial charge in [0.1, 0.15) is 5.75 Å². The van der Waals surface area contributed by atoms with Crippen LogP contribution in [0.2, 0.25) is 10.0 Å². The van der Waals surface area contributed by atoms with Crippen molar-refractivity contribution in [2.24, 2.45) is 0 Å². The van der Waals surface area contributed by atoms with Gasteiger partial charge in [0, 0.05) is 15.6 Å². The van der Waals surface area contributed by atoms with E-state index in [-0.39, 0.29) is 0 Å². The van der Waals surface area contributed by atoms with Crippen molar-refractivity contribution in [1.82, 2.24) is 10.2 Å². The van der Waals surface area contributed by atoms with Gasteiger partial charge in [-0.2, -0.15) is 5.10 Å². The smallest absolute Gasteiger partial charge is 0.118 e. The molecule has 3 rings (SSSR count). The molecule has 0 radical (unpaired) electrons. The van der Waals surface area contributed by atoms with Crippen molar-refractivity contribution in [3.63, 3.8) is 0 Å². The number of aromatic nitrogens is 2. The predicted octanol–water partition coefficient (Wildman–Crippen LogP) is 5.06. The number of H-pyrrole nitrogens is 1. The van der Waals surface area contributed by atoms with E-state index in [9.17, 15) is 0 Å². The van der Waals surface area contributed by atoms with Crippen LogP contribution in [0.25, 0.3) is 22.5 Å². The molecule has 0 saturated carbocycles. The molecule has 0 amide bonds. The number of aromatic amines is 1. The summed E-state index contributed by atoms with van der Waals surface area (Å²) in [4.78, 5) is 0. The van der Waals surface area contributed by atoms with Crippen LogP contribution in [0.3, 0.4) is 0 Å². The highest BCUT2D eigenvalue weighted by Gasteiger charge is 2.08. The maximum Gasteiger partial charge on any atom is 0.118 e. The summed E-state index contributed by atoms with van der Waals surface area (Å²) in [5.74, 6) is 0.820. The summed E-state index contributed by atoms with van der Waals surface area (Å²) >= 11 is 12.0. The molecule has 0 fully saturated rings. The van der Waals surface area contributed by atoms with Gasteiger partial charge in [-0.1, -0.05) is 23.2 Å². The number of benzene rings is 2. The molecular formula is C16H12Cl2N2O. The van der Waals surface area contributed by atoms with Crippen LogP contribution in [0, 0.1) is 0 Å². The van der Waals surface area contributed by atoms with Gasteiger partial charge in [0.25, 0.3) is 0 Å². The lowest BCUT2D eigenvalue weighted by molar-refractivity contribution is 0.415. The molecule has 106 valence electrons. The Morgan fingerprint density at radius 1 is 0.905 bits per heavy atom. The zero-order chi connectivity index (χ0) is 14.8. The lowest BCUT2D eigenvalue weighted by Gasteiger charge is -2.00. The summed E-state index contributed by atoms with van der Waals surface area (Å²) in [7, 11) is 1.65. The molecule has 0 aliphatic rings. The summed E-state index contributed by atoms with van der Waals surface area (Å²) in [6, 6.07) is 15.1. The van der Waals surface area contributed by atoms with E-state index in [0.29, 0.717) is 10.0 Å². The third-order valence-corrected chi connectivity index (χ3v) is 3.57. The number of nitrogens with one attached hydrogen (secondary N) is 1. The molecule has 0 saturated heterocycles. The van der Waals surface area contributed by atoms with Crippen molar-refractivity contribution in [3.05, 3.63) is 58.6 Å². The first-order valence-electron chi connectivity index (χ1n) is 6.32. The molecule has 1 heterocycles. The largest absolute Gasteiger partial charge is 0.497 e. The zero-order valence-corrected chi connectivity index (χ0v) is 12.7. The van der Waals surface area contributed by atoms with Crippen molar-refractivity contribution in [3.8, 4) is 28.3 Å². The van der Waals surface area contributed by atoms with Gasteiger partial charge >= 0.3 is 0 Å². The minimum absolute atomic E-state index is 0.589. The van der Waals surface area contributed by atoms with E-state index in [1.54, 1.807) is 13.2 Å². The minimum Gasteiger partial charge on any atom is -0.497 e. The first-order chi connectivity index (χ1) is 10.2. The topological polar surface area (TPSA) is 37.9 Å². The molecule has 0 aliphatic carbocycles. The van der Waals surface area contributed by atoms with E-state index >= 15 is 0 Å². The molecule has 5 heteroatoms. The first-order valence-corrected chi connectivity index (χ1v) is 7.07. The number of rotatable bonds is 3. The standard InChI is InChI=1S/C16H12Cl2N2O/c1-21-14-4-2-10(3-5-14)15-9-16(20-19-15)11-6-12(17)8-13(18)7-11/h2-9H,1H3,(H,19,20). The monoisotopic (exact) mass is 318 g/mol. The second kappa shape index (κ2) is 5.80. The van der Waals surface area contributed by atoms with Gasteiger partial charge in [-0.15, -0.1) is 0 Å². The van der Waals surface area contributed by atoms with Gasteiger partial charge in [-0.05, 0) is 54.1 Å². The van der Waals surface area contributed by atoms with Gasteiger partial charge in [-0.3, -0.25) is 5.10 Å². The Morgan fingerprint density at radius 3 is 2.19 bits per heavy atom. The molecule has 3 nitrogen and oxygen atoms in total. The zero-order valence-electron chi connectivity index (χ0n) is 11.2. The fourth-order valence-corrected chi connectivity index (χ4v) is 2.62. The van der Waals surface area contributed by atoms with E-state index in [2.05, 4.69) is 10.2 Å². The minimum atomic E-state index is 0.589. The molecule has 1 N–H and O–H groups in total. The van der Waals surface area contributed by atoms with Crippen molar-refractivity contribution < 1.29 is 4.74 Å². The van der Waals surface area contributed by atoms with E-state index in [1.165, 1.54) is 0 Å². The Balaban J connectivity index is 1.95. The number of hydrogen-bond donors (Lipinski definition) is 1. The second-order valence-electron chi connectivity index (χ2n) is 4.55. The fraction of sp³-hybridized carbons (Fsp3) is 0.0625. The lowest BCUT2D eigenvalue weighted by Crippen LogP contribution is -1.82. The third-order valence-electron chi connectivity index (χ3n) is 3.14. The highest BCUT2D eigenvalue weighted by molar-refractivity contribution is 6.35. The molecule has 0 spiro atoms. The van der Waals surface area contributed by atoms with E-state index in [1.807, 2.05) is 42.5 Å². The normalized spacial score (nSPS) is 10.6. The number of nitrogens with zero attached hydrogens (tertiary/aromatic N) is 1. The van der Waals surface area contributed by atoms with Crippen LogP contribution in [0.4, 0.5) is 0 Å². The molecule has 1 aromatic heterocycles. The van der Waals surface area contributed by atoms with E-state index in [0.717, 1.165) is 28.3 Å². The molecular weight excluding hydrogens is 307 g/mol. The molecule has 0 atom stereocenters. The Labute approximate surface area is 132 Å². The van der Waals surface area contributed by atoms with Crippen LogP contribution in [-0.2, 0) is 0 Å². The summed E-state index contributed by atoms with van der Waals surface area (Å²) in [6.07, 6.45) is 0. The van der Waals surface area contributed by atoms with Crippen molar-refractivity contribution in [2.45, 2.75) is 0 Å². The van der Waals surface area contributed by atoms with Gasteiger partial charge < -0.3 is 4.74 Å². The molecule has 2 aromatic carbocycles. The van der Waals surface area contributed by atoms with Gasteiger partial charge in [0.05, 0.1) is 18.5 Å². The van der Waals surface area contributed by atoms with Crippen LogP contribution < -0.4 is 4.74 Å². The summed E-state index contributed by atoms with van der Waals surface area (Å²) < 4.78 is 5.15. The molecule has 0 bridgehead atoms. The second-order valence-corrected chi connectivity index (χ2v) is 5.43. The number of methoxy groups -OCH3 is 1. The number of halogens is 2. The lowest BCUT2D eigenvalue weighted by atomic mass is 10.1. The Hall–Kier alpha value is -1.97. The fourth-order valence-electron chi connectivity index (χ4n) is 2.09. The van der Waals surface area contributed by atoms with Crippen LogP contribution in [0.15, 0.2) is 48.5 Å². The maximum absolute atomic E-state index is 6.02. The van der Waals surface area contributed by atoms with E-state index in [4.69, 9.17) is 27.9 Å². The van der Waals surface area contributed by atoms with Crippen LogP contribution in [-0.4, -0.2) is 17.3 Å². The van der Waals surface area contributed by atoms with Gasteiger partial charge in [0.2, 0.25) is 0 Å². The molecule has 0 aliphatic heterocycles. The Morgan fingerprint density at radius 2 is 1.57 bits per heavy atom. The number of hydrogen-bond acceptors (Lipinski definition) is 2. The first kappa shape index (κ1) is 14.0. The summed E-state index contributed by atoms with van der Waals surface area (Å²) in [5, 5.41) is 8.51. The molecule has 3 aromatic rings.